The van der Waals surface area contributed by atoms with Crippen molar-refractivity contribution in [2.45, 2.75) is 6.92 Å². The van der Waals surface area contributed by atoms with Crippen molar-refractivity contribution in [3.63, 3.8) is 0 Å². The van der Waals surface area contributed by atoms with E-state index in [9.17, 15) is 0 Å². The van der Waals surface area contributed by atoms with Gasteiger partial charge >= 0.3 is 0 Å². The monoisotopic (exact) mass is 270 g/mol. The van der Waals surface area contributed by atoms with E-state index in [0.717, 1.165) is 43.6 Å². The van der Waals surface area contributed by atoms with E-state index < -0.39 is 0 Å². The summed E-state index contributed by atoms with van der Waals surface area (Å²) >= 11 is 0. The Labute approximate surface area is 118 Å². The van der Waals surface area contributed by atoms with Crippen LogP contribution in [0.25, 0.3) is 0 Å². The molecular weight excluding hydrogens is 252 g/mol. The first kappa shape index (κ1) is 12.9. The Morgan fingerprint density at radius 1 is 1.10 bits per heavy atom. The van der Waals surface area contributed by atoms with E-state index >= 15 is 0 Å². The zero-order valence-electron chi connectivity index (χ0n) is 11.5. The van der Waals surface area contributed by atoms with Crippen LogP contribution in [0.3, 0.4) is 0 Å². The summed E-state index contributed by atoms with van der Waals surface area (Å²) in [5, 5.41) is 3.33. The number of aryl methyl sites for hydroxylation is 1. The topological polar surface area (TPSA) is 50.3 Å². The number of para-hydroxylation sites is 1. The molecule has 2 heterocycles. The predicted molar refractivity (Wildman–Crippen MR) is 78.4 cm³/mol. The molecule has 0 bridgehead atoms. The van der Waals surface area contributed by atoms with Crippen molar-refractivity contribution in [3.05, 3.63) is 42.1 Å². The number of aromatic nitrogens is 2. The standard InChI is InChI=1S/C15H18N4O/c1-12-11-14(20-13-5-3-2-4-6-13)18-15(17-12)19-9-7-16-8-10-19/h2-6,11,16H,7-10H2,1H3. The highest BCUT2D eigenvalue weighted by atomic mass is 16.5. The summed E-state index contributed by atoms with van der Waals surface area (Å²) in [4.78, 5) is 11.2. The van der Waals surface area contributed by atoms with Gasteiger partial charge < -0.3 is 15.0 Å². The zero-order valence-corrected chi connectivity index (χ0v) is 11.5. The predicted octanol–water partition coefficient (Wildman–Crippen LogP) is 1.99. The second-order valence-electron chi connectivity index (χ2n) is 4.80. The minimum Gasteiger partial charge on any atom is -0.439 e. The molecule has 104 valence electrons. The van der Waals surface area contributed by atoms with Crippen molar-refractivity contribution in [2.75, 3.05) is 31.1 Å². The fraction of sp³-hybridized carbons (Fsp3) is 0.333. The van der Waals surface area contributed by atoms with Crippen molar-refractivity contribution in [1.82, 2.24) is 15.3 Å². The Morgan fingerprint density at radius 2 is 1.85 bits per heavy atom. The lowest BCUT2D eigenvalue weighted by Crippen LogP contribution is -2.44. The number of ether oxygens (including phenoxy) is 1. The Balaban J connectivity index is 1.82. The molecule has 0 unspecified atom stereocenters. The summed E-state index contributed by atoms with van der Waals surface area (Å²) in [5.74, 6) is 2.13. The van der Waals surface area contributed by atoms with Crippen LogP contribution in [0, 0.1) is 6.92 Å². The van der Waals surface area contributed by atoms with Crippen LogP contribution in [0.4, 0.5) is 5.95 Å². The van der Waals surface area contributed by atoms with E-state index in [-0.39, 0.29) is 0 Å². The Hall–Kier alpha value is -2.14. The van der Waals surface area contributed by atoms with Gasteiger partial charge in [-0.25, -0.2) is 4.98 Å². The van der Waals surface area contributed by atoms with Gasteiger partial charge in [-0.2, -0.15) is 4.98 Å². The van der Waals surface area contributed by atoms with Crippen LogP contribution in [0.1, 0.15) is 5.69 Å². The van der Waals surface area contributed by atoms with Gasteiger partial charge in [-0.05, 0) is 19.1 Å². The summed E-state index contributed by atoms with van der Waals surface area (Å²) in [5.41, 5.74) is 0.916. The van der Waals surface area contributed by atoms with Crippen molar-refractivity contribution in [1.29, 1.82) is 0 Å². The molecule has 1 aliphatic rings. The second-order valence-corrected chi connectivity index (χ2v) is 4.80. The van der Waals surface area contributed by atoms with E-state index in [4.69, 9.17) is 4.74 Å². The molecule has 5 heteroatoms. The molecule has 0 aliphatic carbocycles. The number of nitrogens with zero attached hydrogens (tertiary/aromatic N) is 3. The first-order valence-corrected chi connectivity index (χ1v) is 6.85. The highest BCUT2D eigenvalue weighted by molar-refractivity contribution is 5.36. The van der Waals surface area contributed by atoms with Crippen molar-refractivity contribution < 1.29 is 4.74 Å². The molecule has 2 aromatic rings. The van der Waals surface area contributed by atoms with Crippen LogP contribution >= 0.6 is 0 Å². The Morgan fingerprint density at radius 3 is 2.60 bits per heavy atom. The fourth-order valence-corrected chi connectivity index (χ4v) is 2.19. The molecular formula is C15H18N4O. The van der Waals surface area contributed by atoms with Crippen LogP contribution in [0.5, 0.6) is 11.6 Å². The van der Waals surface area contributed by atoms with Gasteiger partial charge in [-0.15, -0.1) is 0 Å². The number of hydrogen-bond donors (Lipinski definition) is 1. The maximum absolute atomic E-state index is 5.80. The molecule has 0 saturated carbocycles. The normalized spacial score (nSPS) is 15.2. The van der Waals surface area contributed by atoms with Crippen LogP contribution in [-0.2, 0) is 0 Å². The highest BCUT2D eigenvalue weighted by Gasteiger charge is 2.14. The number of anilines is 1. The summed E-state index contributed by atoms with van der Waals surface area (Å²) in [6, 6.07) is 11.5. The SMILES string of the molecule is Cc1cc(Oc2ccccc2)nc(N2CCNCC2)n1. The Bertz CT molecular complexity index is 567. The van der Waals surface area contributed by atoms with Crippen LogP contribution < -0.4 is 15.0 Å². The largest absolute Gasteiger partial charge is 0.439 e. The summed E-state index contributed by atoms with van der Waals surface area (Å²) in [7, 11) is 0. The van der Waals surface area contributed by atoms with E-state index in [1.165, 1.54) is 0 Å². The zero-order chi connectivity index (χ0) is 13.8. The molecule has 0 atom stereocenters. The van der Waals surface area contributed by atoms with Crippen molar-refractivity contribution in [3.8, 4) is 11.6 Å². The number of benzene rings is 1. The average molecular weight is 270 g/mol. The molecule has 1 aliphatic heterocycles. The molecule has 20 heavy (non-hydrogen) atoms. The molecule has 1 aromatic heterocycles. The molecule has 1 aromatic carbocycles. The number of hydrogen-bond acceptors (Lipinski definition) is 5. The van der Waals surface area contributed by atoms with Gasteiger partial charge in [-0.1, -0.05) is 18.2 Å². The number of piperazine rings is 1. The van der Waals surface area contributed by atoms with Crippen molar-refractivity contribution in [2.24, 2.45) is 0 Å². The Kier molecular flexibility index (Phi) is 3.78. The average Bonchev–Trinajstić information content (AvgIpc) is 2.49. The van der Waals surface area contributed by atoms with Gasteiger partial charge in [0.05, 0.1) is 0 Å². The van der Waals surface area contributed by atoms with Gasteiger partial charge in [0.2, 0.25) is 11.8 Å². The molecule has 1 fully saturated rings. The fourth-order valence-electron chi connectivity index (χ4n) is 2.19. The van der Waals surface area contributed by atoms with Crippen LogP contribution in [0.2, 0.25) is 0 Å². The van der Waals surface area contributed by atoms with Gasteiger partial charge in [0, 0.05) is 37.9 Å². The first-order chi connectivity index (χ1) is 9.81. The molecule has 0 radical (unpaired) electrons. The van der Waals surface area contributed by atoms with E-state index in [1.807, 2.05) is 43.3 Å². The molecule has 3 rings (SSSR count). The minimum absolute atomic E-state index is 0.595. The lowest BCUT2D eigenvalue weighted by molar-refractivity contribution is 0.459. The highest BCUT2D eigenvalue weighted by Crippen LogP contribution is 2.22. The lowest BCUT2D eigenvalue weighted by Gasteiger charge is -2.27. The molecule has 0 amide bonds. The maximum atomic E-state index is 5.80. The maximum Gasteiger partial charge on any atom is 0.228 e. The summed E-state index contributed by atoms with van der Waals surface area (Å²) in [6.07, 6.45) is 0. The smallest absolute Gasteiger partial charge is 0.228 e. The molecule has 5 nitrogen and oxygen atoms in total. The van der Waals surface area contributed by atoms with Gasteiger partial charge in [0.15, 0.2) is 0 Å². The third-order valence-corrected chi connectivity index (χ3v) is 3.18. The van der Waals surface area contributed by atoms with Crippen LogP contribution in [-0.4, -0.2) is 36.1 Å². The van der Waals surface area contributed by atoms with Crippen molar-refractivity contribution >= 4 is 5.95 Å². The van der Waals surface area contributed by atoms with E-state index in [0.29, 0.717) is 5.88 Å². The van der Waals surface area contributed by atoms with Gasteiger partial charge in [0.1, 0.15) is 5.75 Å². The third kappa shape index (κ3) is 3.05. The second kappa shape index (κ2) is 5.88. The molecule has 1 N–H and O–H groups in total. The van der Waals surface area contributed by atoms with Gasteiger partial charge in [-0.3, -0.25) is 0 Å². The molecule has 0 spiro atoms. The van der Waals surface area contributed by atoms with E-state index in [1.54, 1.807) is 0 Å². The summed E-state index contributed by atoms with van der Waals surface area (Å²) in [6.45, 7) is 5.74. The minimum atomic E-state index is 0.595. The number of nitrogens with one attached hydrogen (secondary N) is 1. The number of rotatable bonds is 3. The van der Waals surface area contributed by atoms with Crippen LogP contribution in [0.15, 0.2) is 36.4 Å². The first-order valence-electron chi connectivity index (χ1n) is 6.85. The van der Waals surface area contributed by atoms with E-state index in [2.05, 4.69) is 20.2 Å². The van der Waals surface area contributed by atoms with Gasteiger partial charge in [0.25, 0.3) is 0 Å². The summed E-state index contributed by atoms with van der Waals surface area (Å²) < 4.78 is 5.80. The third-order valence-electron chi connectivity index (χ3n) is 3.18. The lowest BCUT2D eigenvalue weighted by atomic mass is 10.3. The molecule has 1 saturated heterocycles. The quantitative estimate of drug-likeness (QED) is 0.924.